The Labute approximate surface area is 239 Å². The van der Waals surface area contributed by atoms with E-state index in [4.69, 9.17) is 14.5 Å². The second kappa shape index (κ2) is 11.0. The van der Waals surface area contributed by atoms with Crippen molar-refractivity contribution in [3.8, 4) is 17.1 Å². The van der Waals surface area contributed by atoms with Crippen LogP contribution in [-0.2, 0) is 17.6 Å². The van der Waals surface area contributed by atoms with Crippen molar-refractivity contribution in [3.05, 3.63) is 41.2 Å². The van der Waals surface area contributed by atoms with Crippen molar-refractivity contribution in [2.24, 2.45) is 0 Å². The topological polar surface area (TPSA) is 97.6 Å². The number of alkyl halides is 2. The number of ether oxygens (including phenoxy) is 2. The van der Waals surface area contributed by atoms with E-state index in [2.05, 4.69) is 25.2 Å². The number of aryl methyl sites for hydroxylation is 1. The number of esters is 1. The molecular weight excluding hydrogens is 559 g/mol. The Morgan fingerprint density at radius 3 is 2.68 bits per heavy atom. The van der Waals surface area contributed by atoms with Gasteiger partial charge in [0.15, 0.2) is 23.6 Å². The Morgan fingerprint density at radius 1 is 1.20 bits per heavy atom. The zero-order valence-electron chi connectivity index (χ0n) is 22.7. The van der Waals surface area contributed by atoms with Gasteiger partial charge in [-0.3, -0.25) is 4.68 Å². The van der Waals surface area contributed by atoms with E-state index in [9.17, 15) is 17.5 Å². The van der Waals surface area contributed by atoms with Gasteiger partial charge in [0, 0.05) is 43.6 Å². The zero-order valence-corrected chi connectivity index (χ0v) is 23.5. The highest BCUT2D eigenvalue weighted by molar-refractivity contribution is 7.95. The molecule has 14 heteroatoms. The fourth-order valence-electron chi connectivity index (χ4n) is 5.25. The first-order chi connectivity index (χ1) is 19.8. The number of benzene rings is 1. The largest absolute Gasteiger partial charge is 0.484 e. The molecule has 0 spiro atoms. The van der Waals surface area contributed by atoms with Gasteiger partial charge < -0.3 is 24.6 Å². The maximum Gasteiger partial charge on any atom is 0.484 e. The van der Waals surface area contributed by atoms with E-state index >= 15 is 0 Å². The van der Waals surface area contributed by atoms with Crippen molar-refractivity contribution in [1.82, 2.24) is 24.6 Å². The molecule has 3 aromatic rings. The van der Waals surface area contributed by atoms with Crippen LogP contribution in [0, 0.1) is 0 Å². The minimum atomic E-state index is -4.07. The SMILES string of the molecule is CCOC(=O)c1nn(C2CC2)c2c1CCc1cnc(Nc3cc(N4CCN(C)CC4)ccc3OC(F)(F)SF)nc1-2. The predicted molar refractivity (Wildman–Crippen MR) is 149 cm³/mol. The molecule has 3 aliphatic rings. The summed E-state index contributed by atoms with van der Waals surface area (Å²) in [4.78, 5) is 26.3. The highest BCUT2D eigenvalue weighted by Gasteiger charge is 2.37. The molecule has 3 heterocycles. The van der Waals surface area contributed by atoms with Gasteiger partial charge in [0.05, 0.1) is 29.7 Å². The molecule has 0 bridgehead atoms. The van der Waals surface area contributed by atoms with Crippen LogP contribution >= 0.6 is 12.1 Å². The van der Waals surface area contributed by atoms with Crippen LogP contribution in [0.3, 0.4) is 0 Å². The average Bonchev–Trinajstić information content (AvgIpc) is 3.73. The van der Waals surface area contributed by atoms with Crippen LogP contribution < -0.4 is 15.0 Å². The second-order valence-electron chi connectivity index (χ2n) is 10.4. The molecule has 10 nitrogen and oxygen atoms in total. The summed E-state index contributed by atoms with van der Waals surface area (Å²) in [6.07, 6.45) is 4.79. The molecule has 1 saturated carbocycles. The number of anilines is 3. The number of halogens is 3. The van der Waals surface area contributed by atoms with Crippen molar-refractivity contribution < 1.29 is 26.9 Å². The van der Waals surface area contributed by atoms with E-state index in [-0.39, 0.29) is 30.0 Å². The number of nitrogens with one attached hydrogen (secondary N) is 1. The third kappa shape index (κ3) is 5.67. The third-order valence-electron chi connectivity index (χ3n) is 7.50. The van der Waals surface area contributed by atoms with Gasteiger partial charge >= 0.3 is 11.4 Å². The van der Waals surface area contributed by atoms with E-state index in [1.54, 1.807) is 25.3 Å². The van der Waals surface area contributed by atoms with Crippen LogP contribution in [0.25, 0.3) is 11.4 Å². The van der Waals surface area contributed by atoms with Crippen molar-refractivity contribution in [3.63, 3.8) is 0 Å². The summed E-state index contributed by atoms with van der Waals surface area (Å²) in [5.41, 5.74) is 0.263. The van der Waals surface area contributed by atoms with Gasteiger partial charge in [0.25, 0.3) is 0 Å². The lowest BCUT2D eigenvalue weighted by molar-refractivity contribution is -0.0898. The summed E-state index contributed by atoms with van der Waals surface area (Å²) in [5, 5.41) is 7.66. The number of hydrogen-bond donors (Lipinski definition) is 1. The normalized spacial score (nSPS) is 17.1. The first kappa shape index (κ1) is 27.6. The molecule has 41 heavy (non-hydrogen) atoms. The molecule has 0 radical (unpaired) electrons. The summed E-state index contributed by atoms with van der Waals surface area (Å²) in [5.74, 6) is -0.560. The van der Waals surface area contributed by atoms with E-state index in [1.807, 2.05) is 11.7 Å². The molecule has 1 N–H and O–H groups in total. The molecule has 1 aliphatic heterocycles. The monoisotopic (exact) mass is 589 g/mol. The number of rotatable bonds is 9. The average molecular weight is 590 g/mol. The van der Waals surface area contributed by atoms with Crippen LogP contribution in [0.4, 0.5) is 30.0 Å². The molecule has 218 valence electrons. The maximum absolute atomic E-state index is 13.9. The lowest BCUT2D eigenvalue weighted by atomic mass is 9.93. The number of carbonyl (C=O) groups is 1. The van der Waals surface area contributed by atoms with E-state index in [0.717, 1.165) is 61.5 Å². The first-order valence-electron chi connectivity index (χ1n) is 13.6. The minimum Gasteiger partial charge on any atom is -0.461 e. The van der Waals surface area contributed by atoms with Gasteiger partial charge in [0.1, 0.15) is 0 Å². The van der Waals surface area contributed by atoms with Gasteiger partial charge in [0.2, 0.25) is 5.95 Å². The fraction of sp³-hybridized carbons (Fsp3) is 0.481. The number of nitrogens with zero attached hydrogens (tertiary/aromatic N) is 6. The van der Waals surface area contributed by atoms with E-state index in [1.165, 1.54) is 6.07 Å². The summed E-state index contributed by atoms with van der Waals surface area (Å²) in [6.45, 7) is 5.24. The Bertz CT molecular complexity index is 1460. The smallest absolute Gasteiger partial charge is 0.461 e. The van der Waals surface area contributed by atoms with Gasteiger partial charge in [-0.25, -0.2) is 14.8 Å². The predicted octanol–water partition coefficient (Wildman–Crippen LogP) is 4.99. The Kier molecular flexibility index (Phi) is 7.45. The van der Waals surface area contributed by atoms with Crippen LogP contribution in [-0.4, -0.2) is 75.9 Å². The Balaban J connectivity index is 1.37. The van der Waals surface area contributed by atoms with Gasteiger partial charge in [-0.1, -0.05) is 0 Å². The van der Waals surface area contributed by atoms with Gasteiger partial charge in [-0.15, -0.1) is 0 Å². The Morgan fingerprint density at radius 2 is 1.98 bits per heavy atom. The molecule has 2 fully saturated rings. The molecule has 0 atom stereocenters. The minimum absolute atomic E-state index is 0.148. The maximum atomic E-state index is 13.9. The Hall–Kier alpha value is -3.52. The standard InChI is InChI=1S/C27H30F3N7O3S/c1-3-39-25(38)23-19-8-4-16-15-31-26(33-22(16)24(19)37(34-23)17-5-6-17)32-20-14-18(36-12-10-35(2)11-13-36)7-9-21(20)40-27(28,29)41-30/h7,9,14-15,17H,3-6,8,10-13H2,1-2H3,(H,31,32,33). The molecule has 0 amide bonds. The molecule has 1 aromatic carbocycles. The number of piperazine rings is 1. The lowest BCUT2D eigenvalue weighted by Gasteiger charge is -2.34. The van der Waals surface area contributed by atoms with Gasteiger partial charge in [-0.05, 0) is 63.4 Å². The molecule has 1 saturated heterocycles. The van der Waals surface area contributed by atoms with Crippen molar-refractivity contribution in [2.45, 2.75) is 44.1 Å². The molecule has 2 aliphatic carbocycles. The summed E-state index contributed by atoms with van der Waals surface area (Å²) >= 11 is -1.18. The summed E-state index contributed by atoms with van der Waals surface area (Å²) in [7, 11) is 2.04. The molecular formula is C27H30F3N7O3S. The lowest BCUT2D eigenvalue weighted by Crippen LogP contribution is -2.44. The number of hydrogen-bond acceptors (Lipinski definition) is 10. The highest BCUT2D eigenvalue weighted by atomic mass is 32.2. The third-order valence-corrected chi connectivity index (χ3v) is 7.76. The van der Waals surface area contributed by atoms with Crippen molar-refractivity contribution in [1.29, 1.82) is 0 Å². The van der Waals surface area contributed by atoms with Crippen LogP contribution in [0.5, 0.6) is 5.75 Å². The summed E-state index contributed by atoms with van der Waals surface area (Å²) in [6, 6.07) is 4.92. The molecule has 0 unspecified atom stereocenters. The van der Waals surface area contributed by atoms with Crippen molar-refractivity contribution in [2.75, 3.05) is 50.1 Å². The first-order valence-corrected chi connectivity index (χ1v) is 14.3. The van der Waals surface area contributed by atoms with Crippen LogP contribution in [0.2, 0.25) is 0 Å². The van der Waals surface area contributed by atoms with Crippen LogP contribution in [0.15, 0.2) is 24.4 Å². The number of fused-ring (bicyclic) bond motifs is 3. The quantitative estimate of drug-likeness (QED) is 0.272. The fourth-order valence-corrected chi connectivity index (χ4v) is 5.37. The molecule has 6 rings (SSSR count). The van der Waals surface area contributed by atoms with Gasteiger partial charge in [-0.2, -0.15) is 17.8 Å². The number of carbonyl (C=O) groups excluding carboxylic acids is 1. The van der Waals surface area contributed by atoms with Crippen LogP contribution in [0.1, 0.15) is 47.4 Å². The second-order valence-corrected chi connectivity index (χ2v) is 11.0. The molecule has 2 aromatic heterocycles. The summed E-state index contributed by atoms with van der Waals surface area (Å²) < 4.78 is 52.6. The number of aromatic nitrogens is 4. The van der Waals surface area contributed by atoms with E-state index < -0.39 is 23.6 Å². The van der Waals surface area contributed by atoms with E-state index in [0.29, 0.717) is 24.2 Å². The zero-order chi connectivity index (χ0) is 28.7. The highest BCUT2D eigenvalue weighted by Crippen LogP contribution is 2.44. The number of likely N-dealkylation sites (N-methyl/N-ethyl adjacent to an activating group) is 1. The van der Waals surface area contributed by atoms with Crippen molar-refractivity contribution >= 4 is 35.4 Å².